The van der Waals surface area contributed by atoms with Crippen LogP contribution in [0.3, 0.4) is 0 Å². The van der Waals surface area contributed by atoms with Crippen LogP contribution in [0.1, 0.15) is 11.1 Å². The zero-order valence-electron chi connectivity index (χ0n) is 18.0. The highest BCUT2D eigenvalue weighted by Crippen LogP contribution is 2.39. The van der Waals surface area contributed by atoms with Crippen LogP contribution in [0, 0.1) is 0 Å². The minimum absolute atomic E-state index is 0.128. The van der Waals surface area contributed by atoms with Crippen molar-refractivity contribution in [1.82, 2.24) is 9.97 Å². The highest BCUT2D eigenvalue weighted by Gasteiger charge is 2.36. The SMILES string of the molecule is O=C1Nc2ccccc2C1=CNc1ccc(N2CCN(c3ncccn3)CC2)c(C(F)(F)F)c1. The Bertz CT molecular complexity index is 1240. The van der Waals surface area contributed by atoms with Gasteiger partial charge in [0.1, 0.15) is 0 Å². The van der Waals surface area contributed by atoms with Gasteiger partial charge < -0.3 is 20.4 Å². The Morgan fingerprint density at radius 2 is 1.65 bits per heavy atom. The Morgan fingerprint density at radius 3 is 2.38 bits per heavy atom. The third-order valence-electron chi connectivity index (χ3n) is 5.85. The number of halogens is 3. The van der Waals surface area contributed by atoms with Crippen LogP contribution < -0.4 is 20.4 Å². The van der Waals surface area contributed by atoms with Gasteiger partial charge >= 0.3 is 6.18 Å². The molecule has 34 heavy (non-hydrogen) atoms. The molecule has 2 N–H and O–H groups in total. The lowest BCUT2D eigenvalue weighted by atomic mass is 10.1. The molecule has 3 heterocycles. The Morgan fingerprint density at radius 1 is 0.941 bits per heavy atom. The molecule has 0 bridgehead atoms. The predicted molar refractivity (Wildman–Crippen MR) is 125 cm³/mol. The fourth-order valence-electron chi connectivity index (χ4n) is 4.17. The van der Waals surface area contributed by atoms with Crippen LogP contribution in [-0.4, -0.2) is 42.1 Å². The van der Waals surface area contributed by atoms with Gasteiger partial charge in [-0.05, 0) is 30.3 Å². The van der Waals surface area contributed by atoms with Crippen molar-refractivity contribution >= 4 is 34.5 Å². The van der Waals surface area contributed by atoms with Crippen LogP contribution in [0.2, 0.25) is 0 Å². The second kappa shape index (κ2) is 8.69. The molecule has 2 aliphatic heterocycles. The van der Waals surface area contributed by atoms with Gasteiger partial charge in [0.2, 0.25) is 5.95 Å². The first-order chi connectivity index (χ1) is 16.4. The number of rotatable bonds is 4. The van der Waals surface area contributed by atoms with E-state index in [1.807, 2.05) is 4.90 Å². The van der Waals surface area contributed by atoms with Crippen molar-refractivity contribution in [2.75, 3.05) is 46.6 Å². The van der Waals surface area contributed by atoms with E-state index in [0.29, 0.717) is 49.0 Å². The number of hydrogen-bond acceptors (Lipinski definition) is 6. The minimum Gasteiger partial charge on any atom is -0.367 e. The van der Waals surface area contributed by atoms with Crippen molar-refractivity contribution in [2.24, 2.45) is 0 Å². The number of benzene rings is 2. The summed E-state index contributed by atoms with van der Waals surface area (Å²) < 4.78 is 41.9. The number of nitrogens with zero attached hydrogens (tertiary/aromatic N) is 4. The van der Waals surface area contributed by atoms with E-state index in [1.54, 1.807) is 53.7 Å². The lowest BCUT2D eigenvalue weighted by molar-refractivity contribution is -0.137. The molecular weight excluding hydrogens is 445 g/mol. The summed E-state index contributed by atoms with van der Waals surface area (Å²) in [5, 5.41) is 5.60. The minimum atomic E-state index is -4.53. The summed E-state index contributed by atoms with van der Waals surface area (Å²) in [6.45, 7) is 1.86. The number of aromatic nitrogens is 2. The van der Waals surface area contributed by atoms with Crippen LogP contribution in [0.25, 0.3) is 5.57 Å². The Labute approximate surface area is 193 Å². The first-order valence-electron chi connectivity index (χ1n) is 10.8. The number of alkyl halides is 3. The fraction of sp³-hybridized carbons (Fsp3) is 0.208. The van der Waals surface area contributed by atoms with Crippen molar-refractivity contribution in [3.8, 4) is 0 Å². The van der Waals surface area contributed by atoms with Crippen LogP contribution >= 0.6 is 0 Å². The molecule has 0 saturated carbocycles. The fourth-order valence-corrected chi connectivity index (χ4v) is 4.17. The average molecular weight is 466 g/mol. The normalized spacial score (nSPS) is 17.0. The number of anilines is 4. The quantitative estimate of drug-likeness (QED) is 0.561. The number of para-hydroxylation sites is 1. The molecule has 0 spiro atoms. The number of nitrogens with one attached hydrogen (secondary N) is 2. The van der Waals surface area contributed by atoms with Gasteiger partial charge in [-0.15, -0.1) is 0 Å². The van der Waals surface area contributed by atoms with Crippen molar-refractivity contribution in [2.45, 2.75) is 6.18 Å². The summed E-state index contributed by atoms with van der Waals surface area (Å²) in [6.07, 6.45) is 0.197. The number of fused-ring (bicyclic) bond motifs is 1. The molecule has 0 aliphatic carbocycles. The number of piperazine rings is 1. The summed E-state index contributed by atoms with van der Waals surface area (Å²) in [6, 6.07) is 13.0. The Hall–Kier alpha value is -4.08. The molecule has 1 aromatic heterocycles. The third kappa shape index (κ3) is 4.26. The topological polar surface area (TPSA) is 73.4 Å². The molecule has 0 unspecified atom stereocenters. The van der Waals surface area contributed by atoms with Gasteiger partial charge in [-0.1, -0.05) is 18.2 Å². The summed E-state index contributed by atoms with van der Waals surface area (Å²) in [5.74, 6) is 0.268. The van der Waals surface area contributed by atoms with Crippen molar-refractivity contribution < 1.29 is 18.0 Å². The van der Waals surface area contributed by atoms with Gasteiger partial charge in [0, 0.05) is 67.4 Å². The Kier molecular flexibility index (Phi) is 5.56. The molecule has 2 aromatic carbocycles. The van der Waals surface area contributed by atoms with Gasteiger partial charge in [-0.3, -0.25) is 4.79 Å². The zero-order chi connectivity index (χ0) is 23.7. The Balaban J connectivity index is 1.36. The summed E-state index contributed by atoms with van der Waals surface area (Å²) in [7, 11) is 0. The van der Waals surface area contributed by atoms with Gasteiger partial charge in [0.15, 0.2) is 0 Å². The van der Waals surface area contributed by atoms with Gasteiger partial charge in [0.05, 0.1) is 11.1 Å². The molecule has 0 atom stereocenters. The number of carbonyl (C=O) groups is 1. The van der Waals surface area contributed by atoms with E-state index in [2.05, 4.69) is 20.6 Å². The predicted octanol–water partition coefficient (Wildman–Crippen LogP) is 4.23. The maximum absolute atomic E-state index is 14.0. The highest BCUT2D eigenvalue weighted by molar-refractivity contribution is 6.31. The second-order valence-electron chi connectivity index (χ2n) is 7.95. The van der Waals surface area contributed by atoms with E-state index in [0.717, 1.165) is 6.07 Å². The van der Waals surface area contributed by atoms with E-state index >= 15 is 0 Å². The van der Waals surface area contributed by atoms with E-state index in [9.17, 15) is 18.0 Å². The summed E-state index contributed by atoms with van der Waals surface area (Å²) >= 11 is 0. The molecular formula is C24H21F3N6O. The van der Waals surface area contributed by atoms with Crippen molar-refractivity contribution in [3.05, 3.63) is 78.3 Å². The summed E-state index contributed by atoms with van der Waals surface area (Å²) in [4.78, 5) is 24.4. The molecule has 1 saturated heterocycles. The molecule has 174 valence electrons. The standard InChI is InChI=1S/C24H21F3N6O/c25-24(26,27)19-14-16(30-15-18-17-4-1-2-5-20(17)31-22(18)34)6-7-21(19)32-10-12-33(13-11-32)23-28-8-3-9-29-23/h1-9,14-15,30H,10-13H2,(H,31,34). The third-order valence-corrected chi connectivity index (χ3v) is 5.85. The van der Waals surface area contributed by atoms with Crippen LogP contribution in [-0.2, 0) is 11.0 Å². The average Bonchev–Trinajstić information content (AvgIpc) is 3.17. The molecule has 5 rings (SSSR count). The van der Waals surface area contributed by atoms with Gasteiger partial charge in [-0.25, -0.2) is 9.97 Å². The lowest BCUT2D eigenvalue weighted by Gasteiger charge is -2.37. The van der Waals surface area contributed by atoms with E-state index in [1.165, 1.54) is 12.3 Å². The van der Waals surface area contributed by atoms with E-state index in [4.69, 9.17) is 0 Å². The van der Waals surface area contributed by atoms with Crippen LogP contribution in [0.15, 0.2) is 67.1 Å². The van der Waals surface area contributed by atoms with Crippen molar-refractivity contribution in [3.63, 3.8) is 0 Å². The monoisotopic (exact) mass is 466 g/mol. The van der Waals surface area contributed by atoms with Crippen LogP contribution in [0.5, 0.6) is 0 Å². The lowest BCUT2D eigenvalue weighted by Crippen LogP contribution is -2.47. The maximum Gasteiger partial charge on any atom is 0.418 e. The number of carbonyl (C=O) groups excluding carboxylic acids is 1. The van der Waals surface area contributed by atoms with E-state index in [-0.39, 0.29) is 17.3 Å². The van der Waals surface area contributed by atoms with Gasteiger partial charge in [-0.2, -0.15) is 13.2 Å². The molecule has 1 fully saturated rings. The van der Waals surface area contributed by atoms with Gasteiger partial charge in [0.25, 0.3) is 5.91 Å². The molecule has 0 radical (unpaired) electrons. The van der Waals surface area contributed by atoms with Crippen molar-refractivity contribution in [1.29, 1.82) is 0 Å². The molecule has 10 heteroatoms. The smallest absolute Gasteiger partial charge is 0.367 e. The largest absolute Gasteiger partial charge is 0.418 e. The molecule has 7 nitrogen and oxygen atoms in total. The highest BCUT2D eigenvalue weighted by atomic mass is 19.4. The first kappa shape index (κ1) is 21.7. The first-order valence-corrected chi connectivity index (χ1v) is 10.8. The number of amides is 1. The second-order valence-corrected chi connectivity index (χ2v) is 7.95. The van der Waals surface area contributed by atoms with Crippen LogP contribution in [0.4, 0.5) is 36.2 Å². The molecule has 3 aromatic rings. The van der Waals surface area contributed by atoms with E-state index < -0.39 is 11.7 Å². The number of hydrogen-bond donors (Lipinski definition) is 2. The zero-order valence-corrected chi connectivity index (χ0v) is 18.0. The maximum atomic E-state index is 14.0. The summed E-state index contributed by atoms with van der Waals surface area (Å²) in [5.41, 5.74) is 1.39. The molecule has 2 aliphatic rings. The molecule has 1 amide bonds.